The number of rotatable bonds is 3. The molecule has 82 valence electrons. The minimum absolute atomic E-state index is 0.0389. The van der Waals surface area contributed by atoms with Crippen LogP contribution in [0.3, 0.4) is 0 Å². The predicted molar refractivity (Wildman–Crippen MR) is 64.3 cm³/mol. The van der Waals surface area contributed by atoms with E-state index in [-0.39, 0.29) is 6.61 Å². The van der Waals surface area contributed by atoms with E-state index in [9.17, 15) is 5.11 Å². The molecule has 1 heterocycles. The molecular formula is C13H14N2O. The first-order valence-corrected chi connectivity index (χ1v) is 5.62. The molecule has 2 N–H and O–H groups in total. The molecule has 3 rings (SSSR count). The number of aromatic nitrogens is 1. The van der Waals surface area contributed by atoms with Crippen LogP contribution in [0.25, 0.3) is 10.8 Å². The third-order valence-corrected chi connectivity index (χ3v) is 2.97. The summed E-state index contributed by atoms with van der Waals surface area (Å²) in [5.41, 5.74) is 0.886. The van der Waals surface area contributed by atoms with Gasteiger partial charge in [-0.2, -0.15) is 0 Å². The summed E-state index contributed by atoms with van der Waals surface area (Å²) in [6.07, 6.45) is 4.22. The number of hydrogen-bond acceptors (Lipinski definition) is 3. The van der Waals surface area contributed by atoms with Gasteiger partial charge in [-0.3, -0.25) is 0 Å². The highest BCUT2D eigenvalue weighted by Crippen LogP contribution is 2.29. The van der Waals surface area contributed by atoms with Crippen LogP contribution in [0.5, 0.6) is 0 Å². The lowest BCUT2D eigenvalue weighted by molar-refractivity contribution is 0.283. The zero-order valence-corrected chi connectivity index (χ0v) is 8.98. The fourth-order valence-corrected chi connectivity index (χ4v) is 1.91. The van der Waals surface area contributed by atoms with Gasteiger partial charge in [-0.25, -0.2) is 4.98 Å². The lowest BCUT2D eigenvalue weighted by atomic mass is 10.1. The average Bonchev–Trinajstić information content (AvgIpc) is 3.14. The monoisotopic (exact) mass is 214 g/mol. The Kier molecular flexibility index (Phi) is 2.26. The number of aliphatic hydroxyl groups is 1. The lowest BCUT2D eigenvalue weighted by Gasteiger charge is -2.10. The molecule has 0 atom stereocenters. The van der Waals surface area contributed by atoms with E-state index in [0.717, 1.165) is 22.2 Å². The number of anilines is 1. The van der Waals surface area contributed by atoms with E-state index in [1.165, 1.54) is 12.8 Å². The van der Waals surface area contributed by atoms with Gasteiger partial charge in [-0.15, -0.1) is 0 Å². The summed E-state index contributed by atoms with van der Waals surface area (Å²) in [7, 11) is 0. The topological polar surface area (TPSA) is 45.2 Å². The van der Waals surface area contributed by atoms with E-state index < -0.39 is 0 Å². The second kappa shape index (κ2) is 3.76. The second-order valence-electron chi connectivity index (χ2n) is 4.25. The van der Waals surface area contributed by atoms with Gasteiger partial charge in [0.15, 0.2) is 0 Å². The molecule has 0 saturated heterocycles. The third kappa shape index (κ3) is 1.63. The smallest absolute Gasteiger partial charge is 0.134 e. The van der Waals surface area contributed by atoms with Crippen LogP contribution in [0, 0.1) is 0 Å². The molecule has 16 heavy (non-hydrogen) atoms. The second-order valence-corrected chi connectivity index (χ2v) is 4.25. The molecule has 1 aliphatic rings. The fraction of sp³-hybridized carbons (Fsp3) is 0.308. The molecule has 0 amide bonds. The molecule has 3 nitrogen and oxygen atoms in total. The Morgan fingerprint density at radius 1 is 1.25 bits per heavy atom. The Morgan fingerprint density at radius 3 is 2.69 bits per heavy atom. The summed E-state index contributed by atoms with van der Waals surface area (Å²) < 4.78 is 0. The van der Waals surface area contributed by atoms with Crippen molar-refractivity contribution in [3.63, 3.8) is 0 Å². The van der Waals surface area contributed by atoms with Crippen molar-refractivity contribution >= 4 is 16.6 Å². The van der Waals surface area contributed by atoms with Crippen LogP contribution in [0.1, 0.15) is 18.4 Å². The van der Waals surface area contributed by atoms with Crippen LogP contribution in [-0.2, 0) is 6.61 Å². The molecule has 0 spiro atoms. The van der Waals surface area contributed by atoms with Gasteiger partial charge in [-0.1, -0.05) is 24.3 Å². The van der Waals surface area contributed by atoms with E-state index in [0.29, 0.717) is 6.04 Å². The van der Waals surface area contributed by atoms with Gasteiger partial charge >= 0.3 is 0 Å². The first kappa shape index (κ1) is 9.60. The van der Waals surface area contributed by atoms with Crippen LogP contribution in [-0.4, -0.2) is 16.1 Å². The van der Waals surface area contributed by atoms with E-state index in [1.54, 1.807) is 6.20 Å². The molecule has 2 aromatic rings. The molecule has 0 bridgehead atoms. The molecule has 1 aliphatic carbocycles. The summed E-state index contributed by atoms with van der Waals surface area (Å²) >= 11 is 0. The molecule has 1 aromatic heterocycles. The highest BCUT2D eigenvalue weighted by Gasteiger charge is 2.22. The quantitative estimate of drug-likeness (QED) is 0.824. The number of hydrogen-bond donors (Lipinski definition) is 2. The number of pyridine rings is 1. The molecule has 0 aliphatic heterocycles. The Morgan fingerprint density at radius 2 is 2.00 bits per heavy atom. The van der Waals surface area contributed by atoms with Gasteiger partial charge in [0, 0.05) is 23.2 Å². The molecule has 0 unspecified atom stereocenters. The Hall–Kier alpha value is -1.61. The van der Waals surface area contributed by atoms with E-state index >= 15 is 0 Å². The van der Waals surface area contributed by atoms with Gasteiger partial charge in [0.05, 0.1) is 6.61 Å². The number of nitrogens with zero attached hydrogens (tertiary/aromatic N) is 1. The maximum Gasteiger partial charge on any atom is 0.134 e. The van der Waals surface area contributed by atoms with Crippen molar-refractivity contribution < 1.29 is 5.11 Å². The van der Waals surface area contributed by atoms with Crippen LogP contribution in [0.15, 0.2) is 30.5 Å². The van der Waals surface area contributed by atoms with Crippen molar-refractivity contribution in [2.24, 2.45) is 0 Å². The van der Waals surface area contributed by atoms with Crippen LogP contribution in [0.4, 0.5) is 5.82 Å². The highest BCUT2D eigenvalue weighted by atomic mass is 16.3. The van der Waals surface area contributed by atoms with Crippen LogP contribution >= 0.6 is 0 Å². The number of aliphatic hydroxyl groups excluding tert-OH is 1. The summed E-state index contributed by atoms with van der Waals surface area (Å²) in [6, 6.07) is 8.66. The standard InChI is InChI=1S/C13H14N2O/c16-8-9-7-14-13(15-10-5-6-10)12-4-2-1-3-11(9)12/h1-4,7,10,16H,5-6,8H2,(H,14,15). The van der Waals surface area contributed by atoms with Gasteiger partial charge in [0.25, 0.3) is 0 Å². The van der Waals surface area contributed by atoms with Gasteiger partial charge in [0.1, 0.15) is 5.82 Å². The minimum Gasteiger partial charge on any atom is -0.392 e. The van der Waals surface area contributed by atoms with Crippen LogP contribution < -0.4 is 5.32 Å². The summed E-state index contributed by atoms with van der Waals surface area (Å²) in [5, 5.41) is 14.9. The van der Waals surface area contributed by atoms with E-state index in [4.69, 9.17) is 0 Å². The molecule has 3 heteroatoms. The average molecular weight is 214 g/mol. The minimum atomic E-state index is 0.0389. The van der Waals surface area contributed by atoms with Crippen molar-refractivity contribution in [1.29, 1.82) is 0 Å². The largest absolute Gasteiger partial charge is 0.392 e. The van der Waals surface area contributed by atoms with Crippen LogP contribution in [0.2, 0.25) is 0 Å². The highest BCUT2D eigenvalue weighted by molar-refractivity contribution is 5.94. The molecule has 0 radical (unpaired) electrons. The fourth-order valence-electron chi connectivity index (χ4n) is 1.91. The normalized spacial score (nSPS) is 15.3. The number of fused-ring (bicyclic) bond motifs is 1. The molecule has 1 aromatic carbocycles. The maximum absolute atomic E-state index is 9.26. The van der Waals surface area contributed by atoms with Crippen molar-refractivity contribution in [2.45, 2.75) is 25.5 Å². The molecular weight excluding hydrogens is 200 g/mol. The maximum atomic E-state index is 9.26. The van der Waals surface area contributed by atoms with Gasteiger partial charge < -0.3 is 10.4 Å². The Balaban J connectivity index is 2.14. The van der Waals surface area contributed by atoms with Crippen molar-refractivity contribution in [2.75, 3.05) is 5.32 Å². The zero-order valence-electron chi connectivity index (χ0n) is 8.98. The predicted octanol–water partition coefficient (Wildman–Crippen LogP) is 2.30. The van der Waals surface area contributed by atoms with Crippen molar-refractivity contribution in [1.82, 2.24) is 4.98 Å². The lowest BCUT2D eigenvalue weighted by Crippen LogP contribution is -2.04. The SMILES string of the molecule is OCc1cnc(NC2CC2)c2ccccc12. The molecule has 1 saturated carbocycles. The van der Waals surface area contributed by atoms with Gasteiger partial charge in [-0.05, 0) is 18.2 Å². The summed E-state index contributed by atoms with van der Waals surface area (Å²) in [6.45, 7) is 0.0389. The summed E-state index contributed by atoms with van der Waals surface area (Å²) in [5.74, 6) is 0.940. The summed E-state index contributed by atoms with van der Waals surface area (Å²) in [4.78, 5) is 4.39. The van der Waals surface area contributed by atoms with Crippen molar-refractivity contribution in [3.8, 4) is 0 Å². The first-order chi connectivity index (χ1) is 7.88. The van der Waals surface area contributed by atoms with E-state index in [1.807, 2.05) is 24.3 Å². The molecule has 1 fully saturated rings. The van der Waals surface area contributed by atoms with Crippen molar-refractivity contribution in [3.05, 3.63) is 36.0 Å². The zero-order chi connectivity index (χ0) is 11.0. The van der Waals surface area contributed by atoms with Gasteiger partial charge in [0.2, 0.25) is 0 Å². The Labute approximate surface area is 94.1 Å². The van der Waals surface area contributed by atoms with E-state index in [2.05, 4.69) is 10.3 Å². The Bertz CT molecular complexity index is 520. The number of benzene rings is 1. The first-order valence-electron chi connectivity index (χ1n) is 5.62. The number of nitrogens with one attached hydrogen (secondary N) is 1. The third-order valence-electron chi connectivity index (χ3n) is 2.97.